The van der Waals surface area contributed by atoms with Gasteiger partial charge in [-0.3, -0.25) is 0 Å². The molecule has 0 aliphatic heterocycles. The summed E-state index contributed by atoms with van der Waals surface area (Å²) in [6, 6.07) is 19.0. The number of hydrogen-bond acceptors (Lipinski definition) is 2. The zero-order valence-electron chi connectivity index (χ0n) is 14.5. The van der Waals surface area contributed by atoms with Crippen LogP contribution in [0.3, 0.4) is 0 Å². The van der Waals surface area contributed by atoms with Crippen molar-refractivity contribution in [3.8, 4) is 16.9 Å². The maximum absolute atomic E-state index is 10.8. The topological polar surface area (TPSA) is 33.4 Å². The van der Waals surface area contributed by atoms with Crippen molar-refractivity contribution in [2.24, 2.45) is 0 Å². The fraction of sp³-hybridized carbons (Fsp3) is 0.250. The highest BCUT2D eigenvalue weighted by atomic mass is 16.4. The Balaban J connectivity index is 1.81. The number of phenols is 1. The lowest BCUT2D eigenvalue weighted by atomic mass is 9.65. The summed E-state index contributed by atoms with van der Waals surface area (Å²) in [6.45, 7) is 0. The van der Waals surface area contributed by atoms with Crippen LogP contribution in [-0.4, -0.2) is 5.11 Å². The molecule has 128 valence electrons. The van der Waals surface area contributed by atoms with Gasteiger partial charge < -0.3 is 9.52 Å². The van der Waals surface area contributed by atoms with Crippen LogP contribution in [-0.2, 0) is 0 Å². The smallest absolute Gasteiger partial charge is 0.177 e. The maximum atomic E-state index is 10.8. The lowest BCUT2D eigenvalue weighted by Crippen LogP contribution is -2.21. The highest BCUT2D eigenvalue weighted by molar-refractivity contribution is 6.15. The normalized spacial score (nSPS) is 21.4. The molecule has 2 aliphatic rings. The van der Waals surface area contributed by atoms with Crippen molar-refractivity contribution in [1.29, 1.82) is 0 Å². The van der Waals surface area contributed by atoms with E-state index in [4.69, 9.17) is 4.42 Å². The number of para-hydroxylation sites is 1. The molecule has 2 aliphatic carbocycles. The Labute approximate surface area is 152 Å². The molecule has 1 saturated carbocycles. The SMILES string of the molecule is Oc1cc2c(c3c1oc1ccccc13)-c1ccccc1C1CCCCC21. The highest BCUT2D eigenvalue weighted by Crippen LogP contribution is 2.56. The molecule has 2 unspecified atom stereocenters. The van der Waals surface area contributed by atoms with Crippen molar-refractivity contribution in [3.63, 3.8) is 0 Å². The molecule has 1 fully saturated rings. The van der Waals surface area contributed by atoms with Crippen LogP contribution in [0.25, 0.3) is 33.1 Å². The third-order valence-corrected chi connectivity index (χ3v) is 6.45. The average molecular weight is 340 g/mol. The van der Waals surface area contributed by atoms with Gasteiger partial charge in [-0.1, -0.05) is 55.3 Å². The van der Waals surface area contributed by atoms with E-state index in [9.17, 15) is 5.11 Å². The molecule has 0 amide bonds. The second-order valence-electron chi connectivity index (χ2n) is 7.75. The molecular weight excluding hydrogens is 320 g/mol. The van der Waals surface area contributed by atoms with Crippen LogP contribution in [0.1, 0.15) is 48.6 Å². The molecule has 4 aromatic rings. The minimum absolute atomic E-state index is 0.277. The van der Waals surface area contributed by atoms with Gasteiger partial charge in [0, 0.05) is 10.8 Å². The molecule has 2 atom stereocenters. The number of aromatic hydroxyl groups is 1. The minimum Gasteiger partial charge on any atom is -0.504 e. The van der Waals surface area contributed by atoms with Gasteiger partial charge in [-0.15, -0.1) is 0 Å². The molecular formula is C24H20O2. The number of benzene rings is 3. The second kappa shape index (κ2) is 5.14. The van der Waals surface area contributed by atoms with Crippen LogP contribution in [0.4, 0.5) is 0 Å². The maximum Gasteiger partial charge on any atom is 0.177 e. The van der Waals surface area contributed by atoms with Crippen molar-refractivity contribution in [2.45, 2.75) is 37.5 Å². The Bertz CT molecular complexity index is 1170. The second-order valence-corrected chi connectivity index (χ2v) is 7.75. The van der Waals surface area contributed by atoms with Gasteiger partial charge in [-0.25, -0.2) is 0 Å². The highest BCUT2D eigenvalue weighted by Gasteiger charge is 2.37. The summed E-state index contributed by atoms with van der Waals surface area (Å²) < 4.78 is 6.05. The summed E-state index contributed by atoms with van der Waals surface area (Å²) in [4.78, 5) is 0. The number of rotatable bonds is 0. The van der Waals surface area contributed by atoms with Crippen molar-refractivity contribution in [1.82, 2.24) is 0 Å². The first-order chi connectivity index (χ1) is 12.8. The summed E-state index contributed by atoms with van der Waals surface area (Å²) in [5, 5.41) is 12.9. The minimum atomic E-state index is 0.277. The van der Waals surface area contributed by atoms with Gasteiger partial charge in [-0.05, 0) is 59.1 Å². The molecule has 1 aromatic heterocycles. The molecule has 2 nitrogen and oxygen atoms in total. The fourth-order valence-electron chi connectivity index (χ4n) is 5.41. The monoisotopic (exact) mass is 340 g/mol. The first-order valence-electron chi connectivity index (χ1n) is 9.59. The molecule has 2 heteroatoms. The van der Waals surface area contributed by atoms with Crippen molar-refractivity contribution in [2.75, 3.05) is 0 Å². The van der Waals surface area contributed by atoms with Crippen molar-refractivity contribution >= 4 is 21.9 Å². The van der Waals surface area contributed by atoms with E-state index in [-0.39, 0.29) is 5.75 Å². The van der Waals surface area contributed by atoms with Gasteiger partial charge in [-0.2, -0.15) is 0 Å². The van der Waals surface area contributed by atoms with Crippen LogP contribution in [0.2, 0.25) is 0 Å². The number of fused-ring (bicyclic) bond motifs is 10. The van der Waals surface area contributed by atoms with E-state index in [1.54, 1.807) is 0 Å². The number of hydrogen-bond donors (Lipinski definition) is 1. The van der Waals surface area contributed by atoms with E-state index in [2.05, 4.69) is 30.3 Å². The molecule has 0 bridgehead atoms. The molecule has 1 N–H and O–H groups in total. The van der Waals surface area contributed by atoms with E-state index < -0.39 is 0 Å². The van der Waals surface area contributed by atoms with Crippen LogP contribution in [0.15, 0.2) is 59.0 Å². The summed E-state index contributed by atoms with van der Waals surface area (Å²) in [7, 11) is 0. The Kier molecular flexibility index (Phi) is 2.85. The van der Waals surface area contributed by atoms with Gasteiger partial charge in [0.1, 0.15) is 5.58 Å². The first-order valence-corrected chi connectivity index (χ1v) is 9.59. The van der Waals surface area contributed by atoms with Gasteiger partial charge in [0.2, 0.25) is 0 Å². The quantitative estimate of drug-likeness (QED) is 0.386. The molecule has 1 heterocycles. The molecule has 3 aromatic carbocycles. The summed E-state index contributed by atoms with van der Waals surface area (Å²) >= 11 is 0. The zero-order chi connectivity index (χ0) is 17.3. The molecule has 26 heavy (non-hydrogen) atoms. The molecule has 0 spiro atoms. The van der Waals surface area contributed by atoms with Gasteiger partial charge in [0.25, 0.3) is 0 Å². The van der Waals surface area contributed by atoms with Crippen LogP contribution in [0, 0.1) is 0 Å². The van der Waals surface area contributed by atoms with E-state index >= 15 is 0 Å². The summed E-state index contributed by atoms with van der Waals surface area (Å²) in [5.41, 5.74) is 6.85. The summed E-state index contributed by atoms with van der Waals surface area (Å²) in [6.07, 6.45) is 5.01. The lowest BCUT2D eigenvalue weighted by Gasteiger charge is -2.39. The van der Waals surface area contributed by atoms with Crippen molar-refractivity contribution < 1.29 is 9.52 Å². The van der Waals surface area contributed by atoms with E-state index in [0.29, 0.717) is 17.4 Å². The lowest BCUT2D eigenvalue weighted by molar-refractivity contribution is 0.381. The first kappa shape index (κ1) is 14.4. The standard InChI is InChI=1S/C24H20O2/c25-20-13-19-16-9-2-1-7-14(16)15-8-3-4-10-17(15)22(19)23-18-11-5-6-12-21(18)26-24(20)23/h3-6,8,10-14,16,25H,1-2,7,9H2. The van der Waals surface area contributed by atoms with Crippen LogP contribution < -0.4 is 0 Å². The van der Waals surface area contributed by atoms with E-state index in [1.807, 2.05) is 24.3 Å². The Morgan fingerprint density at radius 1 is 0.846 bits per heavy atom. The largest absolute Gasteiger partial charge is 0.504 e. The third kappa shape index (κ3) is 1.77. The van der Waals surface area contributed by atoms with Crippen LogP contribution in [0.5, 0.6) is 5.75 Å². The van der Waals surface area contributed by atoms with E-state index in [0.717, 1.165) is 16.4 Å². The molecule has 0 radical (unpaired) electrons. The van der Waals surface area contributed by atoms with E-state index in [1.165, 1.54) is 47.9 Å². The fourth-order valence-corrected chi connectivity index (χ4v) is 5.41. The molecule has 6 rings (SSSR count). The van der Waals surface area contributed by atoms with Crippen LogP contribution >= 0.6 is 0 Å². The van der Waals surface area contributed by atoms with Crippen molar-refractivity contribution in [3.05, 3.63) is 65.7 Å². The summed E-state index contributed by atoms with van der Waals surface area (Å²) in [5.74, 6) is 1.35. The zero-order valence-corrected chi connectivity index (χ0v) is 14.5. The predicted molar refractivity (Wildman–Crippen MR) is 105 cm³/mol. The Morgan fingerprint density at radius 3 is 2.46 bits per heavy atom. The van der Waals surface area contributed by atoms with Gasteiger partial charge >= 0.3 is 0 Å². The average Bonchev–Trinajstić information content (AvgIpc) is 3.09. The Hall–Kier alpha value is -2.74. The molecule has 0 saturated heterocycles. The third-order valence-electron chi connectivity index (χ3n) is 6.45. The number of furan rings is 1. The van der Waals surface area contributed by atoms with Gasteiger partial charge in [0.05, 0.1) is 0 Å². The predicted octanol–water partition coefficient (Wildman–Crippen LogP) is 6.71. The Morgan fingerprint density at radius 2 is 1.58 bits per heavy atom. The number of phenolic OH excluding ortho intramolecular Hbond substituents is 1. The van der Waals surface area contributed by atoms with Gasteiger partial charge in [0.15, 0.2) is 11.3 Å².